The molecule has 0 fully saturated rings. The Labute approximate surface area is 160 Å². The van der Waals surface area contributed by atoms with Crippen molar-refractivity contribution in [3.8, 4) is 22.9 Å². The molecule has 4 aromatic rings. The molecular weight excluding hydrogens is 360 g/mol. The van der Waals surface area contributed by atoms with Gasteiger partial charge in [-0.1, -0.05) is 6.08 Å². The van der Waals surface area contributed by atoms with Crippen LogP contribution in [0.5, 0.6) is 0 Å². The molecule has 134 valence electrons. The quantitative estimate of drug-likeness (QED) is 0.389. The Morgan fingerprint density at radius 1 is 1.00 bits per heavy atom. The number of fused-ring (bicyclic) bond motifs is 1. The van der Waals surface area contributed by atoms with Gasteiger partial charge in [0.25, 0.3) is 0 Å². The van der Waals surface area contributed by atoms with Crippen molar-refractivity contribution in [1.82, 2.24) is 15.3 Å². The highest BCUT2D eigenvalue weighted by Gasteiger charge is 2.17. The fourth-order valence-corrected chi connectivity index (χ4v) is 2.84. The summed E-state index contributed by atoms with van der Waals surface area (Å²) in [5, 5.41) is 6.67. The van der Waals surface area contributed by atoms with E-state index < -0.39 is 0 Å². The van der Waals surface area contributed by atoms with E-state index in [4.69, 9.17) is 31.0 Å². The van der Waals surface area contributed by atoms with E-state index >= 15 is 0 Å². The van der Waals surface area contributed by atoms with Crippen molar-refractivity contribution in [3.05, 3.63) is 67.6 Å². The molecule has 1 aromatic carbocycles. The molecule has 0 unspecified atom stereocenters. The number of anilines is 1. The van der Waals surface area contributed by atoms with E-state index in [1.165, 1.54) is 0 Å². The van der Waals surface area contributed by atoms with Gasteiger partial charge in [0.15, 0.2) is 16.6 Å². The van der Waals surface area contributed by atoms with Crippen molar-refractivity contribution in [1.29, 1.82) is 0 Å². The molecule has 0 aliphatic heterocycles. The summed E-state index contributed by atoms with van der Waals surface area (Å²) in [6.07, 6.45) is 4.96. The largest absolute Gasteiger partial charge is 0.463 e. The Morgan fingerprint density at radius 3 is 2.26 bits per heavy atom. The summed E-state index contributed by atoms with van der Waals surface area (Å²) in [5.74, 6) is 1.25. The second-order valence-electron chi connectivity index (χ2n) is 5.70. The molecule has 0 spiro atoms. The van der Waals surface area contributed by atoms with Crippen LogP contribution in [0.1, 0.15) is 0 Å². The van der Waals surface area contributed by atoms with Crippen molar-refractivity contribution < 1.29 is 8.83 Å². The zero-order valence-electron chi connectivity index (χ0n) is 14.3. The van der Waals surface area contributed by atoms with Gasteiger partial charge in [-0.2, -0.15) is 0 Å². The molecule has 27 heavy (non-hydrogen) atoms. The van der Waals surface area contributed by atoms with Crippen molar-refractivity contribution in [2.75, 3.05) is 11.9 Å². The van der Waals surface area contributed by atoms with Crippen LogP contribution < -0.4 is 10.6 Å². The lowest BCUT2D eigenvalue weighted by Gasteiger charge is -2.11. The average Bonchev–Trinajstić information content (AvgIpc) is 3.39. The molecule has 4 rings (SSSR count). The maximum Gasteiger partial charge on any atom is 0.171 e. The van der Waals surface area contributed by atoms with Gasteiger partial charge in [0.2, 0.25) is 0 Å². The van der Waals surface area contributed by atoms with E-state index in [0.29, 0.717) is 40.1 Å². The molecule has 0 bridgehead atoms. The lowest BCUT2D eigenvalue weighted by Crippen LogP contribution is -2.28. The molecule has 0 aliphatic carbocycles. The van der Waals surface area contributed by atoms with Gasteiger partial charge < -0.3 is 19.5 Å². The van der Waals surface area contributed by atoms with Crippen LogP contribution in [-0.2, 0) is 0 Å². The number of hydrogen-bond donors (Lipinski definition) is 2. The fraction of sp³-hybridized carbons (Fsp3) is 0.0500. The van der Waals surface area contributed by atoms with Crippen LogP contribution in [0.4, 0.5) is 5.69 Å². The maximum absolute atomic E-state index is 5.55. The van der Waals surface area contributed by atoms with Gasteiger partial charge in [0.05, 0.1) is 23.6 Å². The Kier molecular flexibility index (Phi) is 4.67. The van der Waals surface area contributed by atoms with Crippen LogP contribution in [0, 0.1) is 0 Å². The summed E-state index contributed by atoms with van der Waals surface area (Å²) in [5.41, 5.74) is 3.52. The number of nitrogens with zero attached hydrogens (tertiary/aromatic N) is 2. The number of benzene rings is 1. The van der Waals surface area contributed by atoms with Crippen molar-refractivity contribution >= 4 is 34.1 Å². The molecule has 3 aromatic heterocycles. The summed E-state index contributed by atoms with van der Waals surface area (Å²) in [7, 11) is 0. The molecule has 2 N–H and O–H groups in total. The van der Waals surface area contributed by atoms with E-state index in [1.54, 1.807) is 18.6 Å². The lowest BCUT2D eigenvalue weighted by molar-refractivity contribution is 0.572. The van der Waals surface area contributed by atoms with Gasteiger partial charge >= 0.3 is 0 Å². The number of nitrogens with one attached hydrogen (secondary N) is 2. The monoisotopic (exact) mass is 376 g/mol. The molecule has 0 atom stereocenters. The van der Waals surface area contributed by atoms with Gasteiger partial charge in [-0.15, -0.1) is 6.58 Å². The zero-order valence-corrected chi connectivity index (χ0v) is 15.1. The summed E-state index contributed by atoms with van der Waals surface area (Å²) < 4.78 is 11.1. The Balaban J connectivity index is 1.77. The van der Waals surface area contributed by atoms with E-state index in [0.717, 1.165) is 11.2 Å². The van der Waals surface area contributed by atoms with Crippen LogP contribution in [0.25, 0.3) is 33.9 Å². The van der Waals surface area contributed by atoms with Gasteiger partial charge in [-0.05, 0) is 54.7 Å². The highest BCUT2D eigenvalue weighted by Crippen LogP contribution is 2.32. The smallest absolute Gasteiger partial charge is 0.171 e. The molecular formula is C20H16N4O2S. The third-order valence-electron chi connectivity index (χ3n) is 3.84. The van der Waals surface area contributed by atoms with Gasteiger partial charge in [0, 0.05) is 12.2 Å². The minimum absolute atomic E-state index is 0.515. The summed E-state index contributed by atoms with van der Waals surface area (Å²) in [4.78, 5) is 9.51. The SMILES string of the molecule is C=CCNC(=S)Nc1ccc2nc(-c3ccco3)c(-c3ccco3)nc2c1. The third kappa shape index (κ3) is 3.58. The van der Waals surface area contributed by atoms with Crippen LogP contribution >= 0.6 is 12.2 Å². The first-order valence-corrected chi connectivity index (χ1v) is 8.71. The Bertz CT molecular complexity index is 1090. The predicted octanol–water partition coefficient (Wildman–Crippen LogP) is 4.62. The van der Waals surface area contributed by atoms with E-state index in [1.807, 2.05) is 42.5 Å². The Hall–Kier alpha value is -3.45. The minimum Gasteiger partial charge on any atom is -0.463 e. The second-order valence-corrected chi connectivity index (χ2v) is 6.11. The van der Waals surface area contributed by atoms with Crippen LogP contribution in [-0.4, -0.2) is 21.6 Å². The highest BCUT2D eigenvalue weighted by molar-refractivity contribution is 7.80. The number of furan rings is 2. The van der Waals surface area contributed by atoms with Crippen LogP contribution in [0.15, 0.2) is 76.5 Å². The number of thiocarbonyl (C=S) groups is 1. The van der Waals surface area contributed by atoms with Gasteiger partial charge in [-0.3, -0.25) is 0 Å². The topological polar surface area (TPSA) is 76.1 Å². The van der Waals surface area contributed by atoms with Crippen LogP contribution in [0.3, 0.4) is 0 Å². The molecule has 0 saturated carbocycles. The normalized spacial score (nSPS) is 10.7. The molecule has 0 saturated heterocycles. The molecule has 0 aliphatic rings. The first-order valence-electron chi connectivity index (χ1n) is 8.30. The van der Waals surface area contributed by atoms with Crippen LogP contribution in [0.2, 0.25) is 0 Å². The summed E-state index contributed by atoms with van der Waals surface area (Å²) in [6.45, 7) is 4.25. The third-order valence-corrected chi connectivity index (χ3v) is 4.08. The standard InChI is InChI=1S/C20H16N4O2S/c1-2-9-21-20(27)22-13-7-8-14-15(12-13)24-19(17-6-4-11-26-17)18(23-14)16-5-3-10-25-16/h2-8,10-12H,1,9H2,(H2,21,22,27). The predicted molar refractivity (Wildman–Crippen MR) is 109 cm³/mol. The maximum atomic E-state index is 5.55. The van der Waals surface area contributed by atoms with E-state index in [2.05, 4.69) is 17.2 Å². The first kappa shape index (κ1) is 17.0. The molecule has 6 nitrogen and oxygen atoms in total. The van der Waals surface area contributed by atoms with E-state index in [9.17, 15) is 0 Å². The zero-order chi connectivity index (χ0) is 18.6. The lowest BCUT2D eigenvalue weighted by atomic mass is 10.1. The van der Waals surface area contributed by atoms with E-state index in [-0.39, 0.29) is 0 Å². The van der Waals surface area contributed by atoms with Crippen molar-refractivity contribution in [2.24, 2.45) is 0 Å². The fourth-order valence-electron chi connectivity index (χ4n) is 2.64. The molecule has 7 heteroatoms. The van der Waals surface area contributed by atoms with Gasteiger partial charge in [-0.25, -0.2) is 9.97 Å². The summed E-state index contributed by atoms with van der Waals surface area (Å²) >= 11 is 5.26. The second kappa shape index (κ2) is 7.43. The van der Waals surface area contributed by atoms with Crippen molar-refractivity contribution in [3.63, 3.8) is 0 Å². The first-order chi connectivity index (χ1) is 13.2. The number of aromatic nitrogens is 2. The number of hydrogen-bond acceptors (Lipinski definition) is 5. The summed E-state index contributed by atoms with van der Waals surface area (Å²) in [6, 6.07) is 13.0. The van der Waals surface area contributed by atoms with Crippen molar-refractivity contribution in [2.45, 2.75) is 0 Å². The molecule has 0 amide bonds. The highest BCUT2D eigenvalue weighted by atomic mass is 32.1. The number of rotatable bonds is 5. The Morgan fingerprint density at radius 2 is 1.67 bits per heavy atom. The molecule has 0 radical (unpaired) electrons. The minimum atomic E-state index is 0.515. The average molecular weight is 376 g/mol. The molecule has 3 heterocycles. The van der Waals surface area contributed by atoms with Gasteiger partial charge in [0.1, 0.15) is 11.4 Å².